The molecule has 224 valence electrons. The van der Waals surface area contributed by atoms with Crippen LogP contribution in [0.4, 0.5) is 0 Å². The first-order valence-corrected chi connectivity index (χ1v) is 18.0. The maximum absolute atomic E-state index is 10.7. The highest BCUT2D eigenvalue weighted by Crippen LogP contribution is 2.36. The molecule has 0 aliphatic carbocycles. The standard InChI is InChI=1S/C44H29N3Si/c45-30-32-24-27-43(47-41-22-12-10-20-38(41)39-21-11-13-23-42(39)47)40(28-32)33-25-26-34(31-46)44(29-33)48(35-14-4-1-5-15-35,36-16-6-2-7-17-36)37-18-8-3-9-19-37/h1-29H. The minimum atomic E-state index is -3.02. The van der Waals surface area contributed by atoms with Crippen LogP contribution < -0.4 is 20.7 Å². The molecule has 0 aliphatic rings. The summed E-state index contributed by atoms with van der Waals surface area (Å²) in [6.07, 6.45) is 0. The van der Waals surface area contributed by atoms with Gasteiger partial charge in [0.15, 0.2) is 8.07 Å². The second-order valence-electron chi connectivity index (χ2n) is 11.9. The SMILES string of the molecule is N#Cc1ccc(-n2c3ccccc3c3ccccc32)c(-c2ccc(C#N)c([Si](c3ccccc3)(c3ccccc3)c3ccccc3)c2)c1. The number of benzene rings is 7. The van der Waals surface area contributed by atoms with E-state index in [9.17, 15) is 10.5 Å². The van der Waals surface area contributed by atoms with Crippen LogP contribution in [0.3, 0.4) is 0 Å². The fourth-order valence-corrected chi connectivity index (χ4v) is 12.3. The Labute approximate surface area is 280 Å². The number of hydrogen-bond acceptors (Lipinski definition) is 2. The van der Waals surface area contributed by atoms with Crippen molar-refractivity contribution in [2.24, 2.45) is 0 Å². The normalized spacial score (nSPS) is 11.3. The highest BCUT2D eigenvalue weighted by atomic mass is 28.3. The third kappa shape index (κ3) is 4.55. The molecule has 0 saturated carbocycles. The van der Waals surface area contributed by atoms with Crippen molar-refractivity contribution in [3.8, 4) is 29.0 Å². The van der Waals surface area contributed by atoms with Crippen LogP contribution in [0.25, 0.3) is 38.6 Å². The molecule has 0 fully saturated rings. The summed E-state index contributed by atoms with van der Waals surface area (Å²) < 4.78 is 2.30. The van der Waals surface area contributed by atoms with Crippen LogP contribution in [0.15, 0.2) is 176 Å². The van der Waals surface area contributed by atoms with E-state index in [0.717, 1.165) is 33.0 Å². The number of nitriles is 2. The van der Waals surface area contributed by atoms with Crippen molar-refractivity contribution in [3.05, 3.63) is 187 Å². The Morgan fingerprint density at radius 3 is 1.46 bits per heavy atom. The molecule has 0 spiro atoms. The minimum absolute atomic E-state index is 0.582. The fourth-order valence-electron chi connectivity index (χ4n) is 7.36. The lowest BCUT2D eigenvalue weighted by atomic mass is 9.99. The van der Waals surface area contributed by atoms with Gasteiger partial charge in [-0.05, 0) is 62.7 Å². The Morgan fingerprint density at radius 2 is 0.958 bits per heavy atom. The Kier molecular flexibility index (Phi) is 7.27. The minimum Gasteiger partial charge on any atom is -0.309 e. The first-order chi connectivity index (χ1) is 23.7. The average molecular weight is 628 g/mol. The number of nitrogens with zero attached hydrogens (tertiary/aromatic N) is 3. The van der Waals surface area contributed by atoms with E-state index in [4.69, 9.17) is 0 Å². The monoisotopic (exact) mass is 627 g/mol. The summed E-state index contributed by atoms with van der Waals surface area (Å²) in [6.45, 7) is 0. The van der Waals surface area contributed by atoms with Crippen molar-refractivity contribution in [1.29, 1.82) is 10.5 Å². The van der Waals surface area contributed by atoms with Gasteiger partial charge in [-0.1, -0.05) is 140 Å². The zero-order valence-electron chi connectivity index (χ0n) is 26.1. The third-order valence-corrected chi connectivity index (χ3v) is 14.2. The van der Waals surface area contributed by atoms with Gasteiger partial charge >= 0.3 is 0 Å². The summed E-state index contributed by atoms with van der Waals surface area (Å²) in [5.74, 6) is 0. The molecule has 1 aromatic heterocycles. The van der Waals surface area contributed by atoms with E-state index >= 15 is 0 Å². The molecule has 0 unspecified atom stereocenters. The van der Waals surface area contributed by atoms with Gasteiger partial charge in [-0.2, -0.15) is 10.5 Å². The van der Waals surface area contributed by atoms with Crippen LogP contribution in [-0.2, 0) is 0 Å². The summed E-state index contributed by atoms with van der Waals surface area (Å²) in [7, 11) is -3.02. The van der Waals surface area contributed by atoms with Crippen molar-refractivity contribution < 1.29 is 0 Å². The molecule has 0 aliphatic heterocycles. The molecular weight excluding hydrogens is 599 g/mol. The van der Waals surface area contributed by atoms with E-state index in [2.05, 4.69) is 150 Å². The fraction of sp³-hybridized carbons (Fsp3) is 0. The molecule has 7 aromatic carbocycles. The average Bonchev–Trinajstić information content (AvgIpc) is 3.50. The Hall–Kier alpha value is -6.46. The quantitative estimate of drug-likeness (QED) is 0.141. The lowest BCUT2D eigenvalue weighted by Crippen LogP contribution is -2.75. The molecule has 8 rings (SSSR count). The van der Waals surface area contributed by atoms with E-state index in [1.54, 1.807) is 0 Å². The van der Waals surface area contributed by atoms with Crippen molar-refractivity contribution in [2.75, 3.05) is 0 Å². The molecule has 8 aromatic rings. The predicted molar refractivity (Wildman–Crippen MR) is 199 cm³/mol. The van der Waals surface area contributed by atoms with Crippen LogP contribution in [-0.4, -0.2) is 12.6 Å². The van der Waals surface area contributed by atoms with Gasteiger partial charge in [-0.3, -0.25) is 0 Å². The summed E-state index contributed by atoms with van der Waals surface area (Å²) in [6, 6.07) is 66.0. The van der Waals surface area contributed by atoms with E-state index in [1.165, 1.54) is 26.3 Å². The maximum Gasteiger partial charge on any atom is 0.180 e. The van der Waals surface area contributed by atoms with E-state index in [1.807, 2.05) is 42.5 Å². The summed E-state index contributed by atoms with van der Waals surface area (Å²) in [5, 5.41) is 27.8. The Morgan fingerprint density at radius 1 is 0.458 bits per heavy atom. The van der Waals surface area contributed by atoms with E-state index in [0.29, 0.717) is 11.1 Å². The number of aromatic nitrogens is 1. The molecule has 0 saturated heterocycles. The van der Waals surface area contributed by atoms with E-state index < -0.39 is 8.07 Å². The maximum atomic E-state index is 10.7. The van der Waals surface area contributed by atoms with Crippen LogP contribution in [0.5, 0.6) is 0 Å². The highest BCUT2D eigenvalue weighted by molar-refractivity contribution is 7.20. The summed E-state index contributed by atoms with van der Waals surface area (Å²) >= 11 is 0. The molecule has 0 amide bonds. The largest absolute Gasteiger partial charge is 0.309 e. The lowest BCUT2D eigenvalue weighted by Gasteiger charge is -2.35. The number of hydrogen-bond donors (Lipinski definition) is 0. The number of fused-ring (bicyclic) bond motifs is 3. The van der Waals surface area contributed by atoms with Gasteiger partial charge in [0.2, 0.25) is 0 Å². The van der Waals surface area contributed by atoms with Gasteiger partial charge in [0, 0.05) is 16.3 Å². The van der Waals surface area contributed by atoms with Gasteiger partial charge in [0.05, 0.1) is 40.0 Å². The summed E-state index contributed by atoms with van der Waals surface area (Å²) in [5.41, 5.74) is 6.30. The highest BCUT2D eigenvalue weighted by Gasteiger charge is 2.43. The summed E-state index contributed by atoms with van der Waals surface area (Å²) in [4.78, 5) is 0. The van der Waals surface area contributed by atoms with Gasteiger partial charge in [0.25, 0.3) is 0 Å². The van der Waals surface area contributed by atoms with Crippen molar-refractivity contribution in [1.82, 2.24) is 4.57 Å². The Bertz CT molecular complexity index is 2370. The zero-order valence-corrected chi connectivity index (χ0v) is 27.1. The van der Waals surface area contributed by atoms with Gasteiger partial charge in [-0.15, -0.1) is 0 Å². The molecule has 3 nitrogen and oxygen atoms in total. The molecule has 4 heteroatoms. The smallest absolute Gasteiger partial charge is 0.180 e. The molecule has 48 heavy (non-hydrogen) atoms. The molecule has 1 heterocycles. The zero-order chi connectivity index (χ0) is 32.5. The van der Waals surface area contributed by atoms with Crippen LogP contribution in [0, 0.1) is 22.7 Å². The third-order valence-electron chi connectivity index (χ3n) is 9.42. The first-order valence-electron chi connectivity index (χ1n) is 16.0. The first kappa shape index (κ1) is 29.0. The second kappa shape index (κ2) is 12.0. The van der Waals surface area contributed by atoms with Crippen LogP contribution >= 0.6 is 0 Å². The molecule has 0 bridgehead atoms. The Balaban J connectivity index is 1.48. The molecule has 0 atom stereocenters. The van der Waals surface area contributed by atoms with Crippen LogP contribution in [0.2, 0.25) is 0 Å². The number of para-hydroxylation sites is 2. The van der Waals surface area contributed by atoms with Crippen molar-refractivity contribution in [2.45, 2.75) is 0 Å². The van der Waals surface area contributed by atoms with Crippen molar-refractivity contribution in [3.63, 3.8) is 0 Å². The molecular formula is C44H29N3Si. The topological polar surface area (TPSA) is 52.5 Å². The van der Waals surface area contributed by atoms with Gasteiger partial charge < -0.3 is 4.57 Å². The van der Waals surface area contributed by atoms with E-state index in [-0.39, 0.29) is 0 Å². The van der Waals surface area contributed by atoms with Gasteiger partial charge in [0.1, 0.15) is 0 Å². The molecule has 0 radical (unpaired) electrons. The van der Waals surface area contributed by atoms with Crippen molar-refractivity contribution >= 4 is 50.6 Å². The lowest BCUT2D eigenvalue weighted by molar-refractivity contribution is 1.18. The molecule has 0 N–H and O–H groups in total. The van der Waals surface area contributed by atoms with Crippen LogP contribution in [0.1, 0.15) is 11.1 Å². The van der Waals surface area contributed by atoms with Gasteiger partial charge in [-0.25, -0.2) is 0 Å². The second-order valence-corrected chi connectivity index (χ2v) is 15.7. The number of rotatable bonds is 6. The predicted octanol–water partition coefficient (Wildman–Crippen LogP) is 7.57.